The van der Waals surface area contributed by atoms with Crippen molar-refractivity contribution in [3.05, 3.63) is 76.2 Å². The maximum atomic E-state index is 13.1. The number of hydrogen-bond acceptors (Lipinski definition) is 4. The summed E-state index contributed by atoms with van der Waals surface area (Å²) in [7, 11) is 0. The van der Waals surface area contributed by atoms with Crippen LogP contribution in [0.15, 0.2) is 59.5 Å². The van der Waals surface area contributed by atoms with E-state index in [2.05, 4.69) is 0 Å². The number of ether oxygens (including phenoxy) is 2. The van der Waals surface area contributed by atoms with Crippen molar-refractivity contribution in [2.24, 2.45) is 0 Å². The molecule has 0 aliphatic heterocycles. The second-order valence-corrected chi connectivity index (χ2v) is 6.91. The molecular weight excluding hydrogens is 411 g/mol. The van der Waals surface area contributed by atoms with E-state index in [1.54, 1.807) is 18.2 Å². The number of fused-ring (bicyclic) bond motifs is 1. The van der Waals surface area contributed by atoms with Crippen LogP contribution < -0.4 is 5.56 Å². The second kappa shape index (κ2) is 9.78. The van der Waals surface area contributed by atoms with Crippen LogP contribution in [0.2, 0.25) is 0 Å². The molecule has 1 heterocycles. The van der Waals surface area contributed by atoms with Crippen LogP contribution in [-0.4, -0.2) is 30.4 Å². The van der Waals surface area contributed by atoms with Gasteiger partial charge in [-0.1, -0.05) is 37.6 Å². The molecule has 164 valence electrons. The van der Waals surface area contributed by atoms with Gasteiger partial charge in [-0.3, -0.25) is 9.36 Å². The largest absolute Gasteiger partial charge is 0.460 e. The van der Waals surface area contributed by atoms with Gasteiger partial charge in [0.15, 0.2) is 0 Å². The first-order valence-corrected chi connectivity index (χ1v) is 9.90. The molecular formula is C23H22F3NO4. The molecule has 3 rings (SSSR count). The number of carbonyl (C=O) groups is 1. The number of aromatic nitrogens is 1. The zero-order valence-corrected chi connectivity index (χ0v) is 16.9. The van der Waals surface area contributed by atoms with E-state index in [1.165, 1.54) is 24.4 Å². The van der Waals surface area contributed by atoms with Gasteiger partial charge in [-0.05, 0) is 30.7 Å². The zero-order chi connectivity index (χ0) is 22.4. The lowest BCUT2D eigenvalue weighted by atomic mass is 10.1. The summed E-state index contributed by atoms with van der Waals surface area (Å²) in [4.78, 5) is 25.6. The van der Waals surface area contributed by atoms with Gasteiger partial charge in [0.25, 0.3) is 5.56 Å². The highest BCUT2D eigenvalue weighted by Gasteiger charge is 2.30. The van der Waals surface area contributed by atoms with E-state index in [1.807, 2.05) is 6.92 Å². The SMILES string of the molecule is CCCCOCCOC(=O)c1cn(-c2cccc(C(F)(F)F)c2)c(=O)c2ccccc12. The van der Waals surface area contributed by atoms with Crippen LogP contribution in [-0.2, 0) is 15.7 Å². The van der Waals surface area contributed by atoms with Crippen molar-refractivity contribution in [3.63, 3.8) is 0 Å². The molecule has 1 aromatic heterocycles. The molecule has 0 aliphatic carbocycles. The van der Waals surface area contributed by atoms with E-state index in [4.69, 9.17) is 9.47 Å². The predicted molar refractivity (Wildman–Crippen MR) is 111 cm³/mol. The third-order valence-corrected chi connectivity index (χ3v) is 4.70. The monoisotopic (exact) mass is 433 g/mol. The molecule has 0 radical (unpaired) electrons. The highest BCUT2D eigenvalue weighted by molar-refractivity contribution is 6.04. The smallest absolute Gasteiger partial charge is 0.416 e. The van der Waals surface area contributed by atoms with Crippen LogP contribution in [0, 0.1) is 0 Å². The van der Waals surface area contributed by atoms with Crippen molar-refractivity contribution in [1.29, 1.82) is 0 Å². The van der Waals surface area contributed by atoms with Gasteiger partial charge in [0.05, 0.1) is 17.7 Å². The Balaban J connectivity index is 1.97. The van der Waals surface area contributed by atoms with Gasteiger partial charge < -0.3 is 9.47 Å². The standard InChI is InChI=1S/C23H22F3NO4/c1-2-3-11-30-12-13-31-22(29)20-15-27(21(28)19-10-5-4-9-18(19)20)17-8-6-7-16(14-17)23(24,25)26/h4-10,14-15H,2-3,11-13H2,1H3. The van der Waals surface area contributed by atoms with Crippen LogP contribution >= 0.6 is 0 Å². The summed E-state index contributed by atoms with van der Waals surface area (Å²) < 4.78 is 51.0. The molecule has 0 spiro atoms. The summed E-state index contributed by atoms with van der Waals surface area (Å²) >= 11 is 0. The predicted octanol–water partition coefficient (Wildman–Crippen LogP) is 4.98. The van der Waals surface area contributed by atoms with Crippen molar-refractivity contribution in [3.8, 4) is 5.69 Å². The number of hydrogen-bond donors (Lipinski definition) is 0. The molecule has 2 aromatic carbocycles. The summed E-state index contributed by atoms with van der Waals surface area (Å²) in [6.45, 7) is 2.86. The molecule has 3 aromatic rings. The Morgan fingerprint density at radius 3 is 2.45 bits per heavy atom. The lowest BCUT2D eigenvalue weighted by Gasteiger charge is -2.14. The summed E-state index contributed by atoms with van der Waals surface area (Å²) in [6, 6.07) is 10.8. The number of unbranched alkanes of at least 4 members (excludes halogenated alkanes) is 1. The molecule has 0 aliphatic rings. The Hall–Kier alpha value is -3.13. The van der Waals surface area contributed by atoms with Gasteiger partial charge >= 0.3 is 12.1 Å². The van der Waals surface area contributed by atoms with Gasteiger partial charge in [-0.2, -0.15) is 13.2 Å². The number of alkyl halides is 3. The van der Waals surface area contributed by atoms with Gasteiger partial charge in [0.1, 0.15) is 6.61 Å². The van der Waals surface area contributed by atoms with Crippen molar-refractivity contribution in [1.82, 2.24) is 4.57 Å². The minimum Gasteiger partial charge on any atom is -0.460 e. The van der Waals surface area contributed by atoms with Crippen molar-refractivity contribution in [2.75, 3.05) is 19.8 Å². The normalized spacial score (nSPS) is 11.6. The number of esters is 1. The Morgan fingerprint density at radius 2 is 1.74 bits per heavy atom. The van der Waals surface area contributed by atoms with E-state index in [9.17, 15) is 22.8 Å². The first-order valence-electron chi connectivity index (χ1n) is 9.90. The number of pyridine rings is 1. The van der Waals surface area contributed by atoms with Gasteiger partial charge in [-0.15, -0.1) is 0 Å². The number of rotatable bonds is 8. The fraction of sp³-hybridized carbons (Fsp3) is 0.304. The summed E-state index contributed by atoms with van der Waals surface area (Å²) in [5, 5.41) is 0.571. The second-order valence-electron chi connectivity index (χ2n) is 6.91. The highest BCUT2D eigenvalue weighted by Crippen LogP contribution is 2.30. The number of benzene rings is 2. The van der Waals surface area contributed by atoms with Crippen LogP contribution in [0.3, 0.4) is 0 Å². The van der Waals surface area contributed by atoms with Crippen LogP contribution in [0.1, 0.15) is 35.7 Å². The van der Waals surface area contributed by atoms with E-state index in [0.717, 1.165) is 29.5 Å². The lowest BCUT2D eigenvalue weighted by molar-refractivity contribution is -0.137. The van der Waals surface area contributed by atoms with E-state index in [0.29, 0.717) is 12.0 Å². The molecule has 31 heavy (non-hydrogen) atoms. The summed E-state index contributed by atoms with van der Waals surface area (Å²) in [5.74, 6) is -0.684. The fourth-order valence-corrected chi connectivity index (χ4v) is 3.10. The minimum absolute atomic E-state index is 0.00234. The Morgan fingerprint density at radius 1 is 1.00 bits per heavy atom. The highest BCUT2D eigenvalue weighted by atomic mass is 19.4. The molecule has 0 N–H and O–H groups in total. The van der Waals surface area contributed by atoms with E-state index < -0.39 is 23.3 Å². The number of nitrogens with zero attached hydrogens (tertiary/aromatic N) is 1. The molecule has 0 saturated carbocycles. The first kappa shape index (κ1) is 22.6. The molecule has 0 atom stereocenters. The third-order valence-electron chi connectivity index (χ3n) is 4.70. The summed E-state index contributed by atoms with van der Waals surface area (Å²) in [5.41, 5.74) is -1.34. The average Bonchev–Trinajstić information content (AvgIpc) is 2.76. The molecule has 0 fully saturated rings. The maximum absolute atomic E-state index is 13.1. The maximum Gasteiger partial charge on any atom is 0.416 e. The van der Waals surface area contributed by atoms with Crippen molar-refractivity contribution >= 4 is 16.7 Å². The molecule has 0 bridgehead atoms. The fourth-order valence-electron chi connectivity index (χ4n) is 3.10. The van der Waals surface area contributed by atoms with Crippen LogP contribution in [0.5, 0.6) is 0 Å². The van der Waals surface area contributed by atoms with E-state index in [-0.39, 0.29) is 29.9 Å². The topological polar surface area (TPSA) is 57.5 Å². The van der Waals surface area contributed by atoms with Gasteiger partial charge in [0, 0.05) is 29.3 Å². The van der Waals surface area contributed by atoms with Crippen LogP contribution in [0.4, 0.5) is 13.2 Å². The summed E-state index contributed by atoms with van der Waals surface area (Å²) in [6.07, 6.45) is -1.44. The van der Waals surface area contributed by atoms with Crippen LogP contribution in [0.25, 0.3) is 16.5 Å². The van der Waals surface area contributed by atoms with Crippen molar-refractivity contribution in [2.45, 2.75) is 25.9 Å². The Labute approximate surface area is 177 Å². The minimum atomic E-state index is -4.56. The van der Waals surface area contributed by atoms with E-state index >= 15 is 0 Å². The molecule has 5 nitrogen and oxygen atoms in total. The Kier molecular flexibility index (Phi) is 7.12. The lowest BCUT2D eigenvalue weighted by Crippen LogP contribution is -2.22. The number of halogens is 3. The Bertz CT molecular complexity index is 1120. The average molecular weight is 433 g/mol. The van der Waals surface area contributed by atoms with Gasteiger partial charge in [-0.25, -0.2) is 4.79 Å². The number of carbonyl (C=O) groups excluding carboxylic acids is 1. The third kappa shape index (κ3) is 5.32. The van der Waals surface area contributed by atoms with Crippen molar-refractivity contribution < 1.29 is 27.4 Å². The molecule has 8 heteroatoms. The zero-order valence-electron chi connectivity index (χ0n) is 16.9. The quantitative estimate of drug-likeness (QED) is 0.371. The first-order chi connectivity index (χ1) is 14.8. The molecule has 0 amide bonds. The molecule has 0 unspecified atom stereocenters. The van der Waals surface area contributed by atoms with Gasteiger partial charge in [0.2, 0.25) is 0 Å². The molecule has 0 saturated heterocycles.